The van der Waals surface area contributed by atoms with E-state index in [1.54, 1.807) is 0 Å². The molecule has 6 nitrogen and oxygen atoms in total. The van der Waals surface area contributed by atoms with E-state index in [-0.39, 0.29) is 31.1 Å². The molecule has 1 unspecified atom stereocenters. The minimum Gasteiger partial charge on any atom is -0.462 e. The highest BCUT2D eigenvalue weighted by Gasteiger charge is 2.19. The van der Waals surface area contributed by atoms with Gasteiger partial charge in [-0.15, -0.1) is 0 Å². The van der Waals surface area contributed by atoms with Crippen molar-refractivity contribution in [3.63, 3.8) is 0 Å². The molecule has 0 saturated heterocycles. The monoisotopic (exact) mass is 907 g/mol. The van der Waals surface area contributed by atoms with Crippen molar-refractivity contribution < 1.29 is 28.6 Å². The Balaban J connectivity index is 4.46. The number of esters is 3. The minimum atomic E-state index is -0.795. The van der Waals surface area contributed by atoms with Crippen molar-refractivity contribution in [1.29, 1.82) is 0 Å². The molecule has 0 aromatic heterocycles. The van der Waals surface area contributed by atoms with E-state index in [1.165, 1.54) is 116 Å². The first-order valence-electron chi connectivity index (χ1n) is 27.5. The lowest BCUT2D eigenvalue weighted by Gasteiger charge is -2.18. The van der Waals surface area contributed by atoms with Crippen LogP contribution in [0, 0.1) is 0 Å². The summed E-state index contributed by atoms with van der Waals surface area (Å²) in [5.74, 6) is -0.936. The van der Waals surface area contributed by atoms with Crippen molar-refractivity contribution >= 4 is 17.9 Å². The molecule has 0 heterocycles. The maximum Gasteiger partial charge on any atom is 0.306 e. The van der Waals surface area contributed by atoms with Gasteiger partial charge in [0.1, 0.15) is 13.2 Å². The molecular weight excluding hydrogens is 805 g/mol. The summed E-state index contributed by atoms with van der Waals surface area (Å²) in [4.78, 5) is 38.1. The average molecular weight is 907 g/mol. The molecule has 374 valence electrons. The highest BCUT2D eigenvalue weighted by molar-refractivity contribution is 5.71. The highest BCUT2D eigenvalue weighted by atomic mass is 16.6. The molecule has 0 aliphatic carbocycles. The van der Waals surface area contributed by atoms with Gasteiger partial charge in [-0.25, -0.2) is 0 Å². The lowest BCUT2D eigenvalue weighted by atomic mass is 10.1. The van der Waals surface area contributed by atoms with Crippen LogP contribution >= 0.6 is 0 Å². The molecule has 0 spiro atoms. The highest BCUT2D eigenvalue weighted by Crippen LogP contribution is 2.14. The topological polar surface area (TPSA) is 78.9 Å². The molecule has 0 saturated carbocycles. The van der Waals surface area contributed by atoms with Gasteiger partial charge in [0.25, 0.3) is 0 Å². The van der Waals surface area contributed by atoms with Gasteiger partial charge in [-0.1, -0.05) is 222 Å². The molecule has 6 heteroatoms. The van der Waals surface area contributed by atoms with Crippen LogP contribution in [0.4, 0.5) is 0 Å². The van der Waals surface area contributed by atoms with Gasteiger partial charge in [0.15, 0.2) is 6.10 Å². The Labute approximate surface area is 402 Å². The van der Waals surface area contributed by atoms with E-state index in [9.17, 15) is 14.4 Å². The summed E-state index contributed by atoms with van der Waals surface area (Å²) >= 11 is 0. The third kappa shape index (κ3) is 51.7. The lowest BCUT2D eigenvalue weighted by molar-refractivity contribution is -0.167. The summed E-state index contributed by atoms with van der Waals surface area (Å²) in [6.07, 6.45) is 67.4. The van der Waals surface area contributed by atoms with Crippen LogP contribution in [0.2, 0.25) is 0 Å². The van der Waals surface area contributed by atoms with E-state index < -0.39 is 6.10 Å². The summed E-state index contributed by atoms with van der Waals surface area (Å²) in [7, 11) is 0. The van der Waals surface area contributed by atoms with Gasteiger partial charge in [0.05, 0.1) is 0 Å². The van der Waals surface area contributed by atoms with Crippen LogP contribution in [0.5, 0.6) is 0 Å². The predicted octanol–water partition coefficient (Wildman–Crippen LogP) is 18.2. The van der Waals surface area contributed by atoms with Gasteiger partial charge in [-0.3, -0.25) is 14.4 Å². The van der Waals surface area contributed by atoms with E-state index in [1.807, 2.05) is 0 Å². The number of hydrogen-bond donors (Lipinski definition) is 0. The van der Waals surface area contributed by atoms with Crippen molar-refractivity contribution in [1.82, 2.24) is 0 Å². The average Bonchev–Trinajstić information content (AvgIpc) is 3.30. The quantitative estimate of drug-likeness (QED) is 0.0199. The van der Waals surface area contributed by atoms with E-state index in [4.69, 9.17) is 14.2 Å². The third-order valence-corrected chi connectivity index (χ3v) is 11.7. The smallest absolute Gasteiger partial charge is 0.306 e. The first kappa shape index (κ1) is 61.9. The molecule has 0 fully saturated rings. The van der Waals surface area contributed by atoms with Crippen LogP contribution in [0.25, 0.3) is 0 Å². The number of allylic oxidation sites excluding steroid dienone is 12. The van der Waals surface area contributed by atoms with Crippen LogP contribution in [0.15, 0.2) is 72.9 Å². The summed E-state index contributed by atoms with van der Waals surface area (Å²) in [6.45, 7) is 6.56. The molecule has 0 aromatic rings. The lowest BCUT2D eigenvalue weighted by Crippen LogP contribution is -2.30. The van der Waals surface area contributed by atoms with Gasteiger partial charge in [0, 0.05) is 19.3 Å². The van der Waals surface area contributed by atoms with E-state index in [2.05, 4.69) is 93.7 Å². The number of ether oxygens (including phenoxy) is 3. The van der Waals surface area contributed by atoms with Crippen molar-refractivity contribution in [2.24, 2.45) is 0 Å². The van der Waals surface area contributed by atoms with Crippen LogP contribution in [0.3, 0.4) is 0 Å². The Bertz CT molecular complexity index is 1230. The Kier molecular flexibility index (Phi) is 50.9. The normalized spacial score (nSPS) is 12.6. The standard InChI is InChI=1S/C59H102O6/c1-4-7-10-13-16-19-22-25-27-29-30-32-34-37-40-43-46-49-52-58(61)64-55-56(54-63-57(60)51-48-45-42-39-36-33-24-21-18-15-12-9-6-3)65-59(62)53-50-47-44-41-38-35-31-28-26-23-20-17-14-11-8-5-2/h16,19,22,25,27-33,36,56H,4-15,17-18,20-21,23-24,26,34-35,37-55H2,1-3H3/b19-16-,25-22-,29-27-,31-28-,32-30-,36-33-. The van der Waals surface area contributed by atoms with Crippen LogP contribution in [-0.4, -0.2) is 37.2 Å². The van der Waals surface area contributed by atoms with Gasteiger partial charge >= 0.3 is 17.9 Å². The Morgan fingerprint density at radius 2 is 0.569 bits per heavy atom. The van der Waals surface area contributed by atoms with Gasteiger partial charge in [-0.05, 0) is 96.3 Å². The van der Waals surface area contributed by atoms with Crippen LogP contribution in [-0.2, 0) is 28.6 Å². The number of unbranched alkanes of at least 4 members (excludes halogenated alkanes) is 29. The molecule has 0 bridgehead atoms. The minimum absolute atomic E-state index is 0.0943. The van der Waals surface area contributed by atoms with Gasteiger partial charge in [-0.2, -0.15) is 0 Å². The number of rotatable bonds is 49. The van der Waals surface area contributed by atoms with Gasteiger partial charge < -0.3 is 14.2 Å². The largest absolute Gasteiger partial charge is 0.462 e. The van der Waals surface area contributed by atoms with E-state index in [0.29, 0.717) is 19.3 Å². The maximum absolute atomic E-state index is 12.8. The molecule has 0 radical (unpaired) electrons. The fourth-order valence-corrected chi connectivity index (χ4v) is 7.56. The van der Waals surface area contributed by atoms with Crippen LogP contribution < -0.4 is 0 Å². The maximum atomic E-state index is 12.8. The Morgan fingerprint density at radius 3 is 0.954 bits per heavy atom. The fourth-order valence-electron chi connectivity index (χ4n) is 7.56. The van der Waals surface area contributed by atoms with Crippen molar-refractivity contribution in [2.75, 3.05) is 13.2 Å². The predicted molar refractivity (Wildman–Crippen MR) is 279 cm³/mol. The molecule has 0 aromatic carbocycles. The van der Waals surface area contributed by atoms with Crippen molar-refractivity contribution in [2.45, 2.75) is 271 Å². The summed E-state index contributed by atoms with van der Waals surface area (Å²) < 4.78 is 16.8. The number of hydrogen-bond acceptors (Lipinski definition) is 6. The second-order valence-corrected chi connectivity index (χ2v) is 18.2. The molecule has 65 heavy (non-hydrogen) atoms. The third-order valence-electron chi connectivity index (χ3n) is 11.7. The first-order valence-corrected chi connectivity index (χ1v) is 27.5. The number of carbonyl (C=O) groups is 3. The molecule has 0 aliphatic heterocycles. The zero-order valence-corrected chi connectivity index (χ0v) is 42.7. The van der Waals surface area contributed by atoms with E-state index in [0.717, 1.165) is 109 Å². The molecule has 1 atom stereocenters. The van der Waals surface area contributed by atoms with E-state index >= 15 is 0 Å². The second-order valence-electron chi connectivity index (χ2n) is 18.2. The molecular formula is C59H102O6. The SMILES string of the molecule is CCCCC\C=C/C=C\C=C/C=C\CCCCCCCC(=O)OCC(COC(=O)CCCCC/C=C\CCCCCCCC)OC(=O)CCCCCCC/C=C\CCCCCCCCC. The molecule has 0 aliphatic rings. The molecule has 0 N–H and O–H groups in total. The zero-order valence-electron chi connectivity index (χ0n) is 42.7. The molecule has 0 amide bonds. The zero-order chi connectivity index (χ0) is 47.2. The van der Waals surface area contributed by atoms with Gasteiger partial charge in [0.2, 0.25) is 0 Å². The van der Waals surface area contributed by atoms with Crippen LogP contribution in [0.1, 0.15) is 265 Å². The second kappa shape index (κ2) is 53.5. The summed E-state index contributed by atoms with van der Waals surface area (Å²) in [6, 6.07) is 0. The summed E-state index contributed by atoms with van der Waals surface area (Å²) in [5, 5.41) is 0. The van der Waals surface area contributed by atoms with Crippen molar-refractivity contribution in [3.05, 3.63) is 72.9 Å². The summed E-state index contributed by atoms with van der Waals surface area (Å²) in [5.41, 5.74) is 0. The number of carbonyl (C=O) groups excluding carboxylic acids is 3. The molecule has 0 rings (SSSR count). The van der Waals surface area contributed by atoms with Crippen molar-refractivity contribution in [3.8, 4) is 0 Å². The first-order chi connectivity index (χ1) is 32.0. The Morgan fingerprint density at radius 1 is 0.308 bits per heavy atom. The Hall–Kier alpha value is -3.15. The fraction of sp³-hybridized carbons (Fsp3) is 0.746.